The second-order valence-corrected chi connectivity index (χ2v) is 7.05. The molecule has 4 nitrogen and oxygen atoms in total. The van der Waals surface area contributed by atoms with Crippen molar-refractivity contribution < 1.29 is 19.1 Å². The van der Waals surface area contributed by atoms with Crippen molar-refractivity contribution in [3.63, 3.8) is 0 Å². The lowest BCUT2D eigenvalue weighted by atomic mass is 9.90. The summed E-state index contributed by atoms with van der Waals surface area (Å²) in [4.78, 5) is 24.9. The molecule has 3 aromatic carbocycles. The highest BCUT2D eigenvalue weighted by atomic mass is 35.5. The summed E-state index contributed by atoms with van der Waals surface area (Å²) < 4.78 is 9.86. The number of carbonyl (C=O) groups is 2. The van der Waals surface area contributed by atoms with Gasteiger partial charge in [-0.1, -0.05) is 47.5 Å². The highest BCUT2D eigenvalue weighted by Crippen LogP contribution is 2.30. The van der Waals surface area contributed by atoms with E-state index in [4.69, 9.17) is 21.1 Å². The van der Waals surface area contributed by atoms with Crippen LogP contribution in [0, 0.1) is 6.92 Å². The van der Waals surface area contributed by atoms with E-state index in [2.05, 4.69) is 0 Å². The number of hydrogen-bond acceptors (Lipinski definition) is 4. The van der Waals surface area contributed by atoms with E-state index in [0.717, 1.165) is 28.5 Å². The van der Waals surface area contributed by atoms with Crippen LogP contribution in [-0.4, -0.2) is 26.2 Å². The lowest BCUT2D eigenvalue weighted by molar-refractivity contribution is 0.0557. The van der Waals surface area contributed by atoms with Crippen molar-refractivity contribution in [1.29, 1.82) is 0 Å². The molecule has 0 aromatic heterocycles. The third-order valence-electron chi connectivity index (χ3n) is 4.77. The lowest BCUT2D eigenvalue weighted by Crippen LogP contribution is -2.14. The first kappa shape index (κ1) is 19.9. The smallest absolute Gasteiger partial charge is 0.339 e. The standard InChI is InChI=1S/C23H21ClO4/c1-14-4-11-18-16(8-5-15-6-9-17(24)10-7-15)13-20(22(25)27-2)21(19(18)12-14)23(26)28-3/h4,6-7,9-13H,5,8H2,1-3H3. The van der Waals surface area contributed by atoms with E-state index in [-0.39, 0.29) is 11.1 Å². The average Bonchev–Trinajstić information content (AvgIpc) is 2.71. The molecule has 0 bridgehead atoms. The van der Waals surface area contributed by atoms with E-state index in [1.165, 1.54) is 14.2 Å². The minimum atomic E-state index is -0.559. The van der Waals surface area contributed by atoms with Crippen molar-refractivity contribution in [2.75, 3.05) is 14.2 Å². The molecule has 0 atom stereocenters. The van der Waals surface area contributed by atoms with E-state index in [1.807, 2.05) is 49.4 Å². The Morgan fingerprint density at radius 3 is 2.18 bits per heavy atom. The minimum Gasteiger partial charge on any atom is -0.465 e. The fourth-order valence-corrected chi connectivity index (χ4v) is 3.47. The molecule has 0 heterocycles. The summed E-state index contributed by atoms with van der Waals surface area (Å²) in [7, 11) is 2.61. The molecular formula is C23H21ClO4. The Morgan fingerprint density at radius 2 is 1.54 bits per heavy atom. The Morgan fingerprint density at radius 1 is 0.857 bits per heavy atom. The van der Waals surface area contributed by atoms with Crippen molar-refractivity contribution in [3.8, 4) is 0 Å². The summed E-state index contributed by atoms with van der Waals surface area (Å²) in [6, 6.07) is 15.3. The Balaban J connectivity index is 2.15. The number of halogens is 1. The predicted molar refractivity (Wildman–Crippen MR) is 110 cm³/mol. The van der Waals surface area contributed by atoms with Gasteiger partial charge in [-0.25, -0.2) is 9.59 Å². The number of rotatable bonds is 5. The first-order valence-corrected chi connectivity index (χ1v) is 9.29. The molecule has 144 valence electrons. The maximum atomic E-state index is 12.5. The Hall–Kier alpha value is -2.85. The van der Waals surface area contributed by atoms with Crippen LogP contribution in [0.4, 0.5) is 0 Å². The first-order chi connectivity index (χ1) is 13.4. The van der Waals surface area contributed by atoms with E-state index < -0.39 is 11.9 Å². The van der Waals surface area contributed by atoms with Gasteiger partial charge in [-0.2, -0.15) is 0 Å². The van der Waals surface area contributed by atoms with Crippen molar-refractivity contribution in [2.45, 2.75) is 19.8 Å². The van der Waals surface area contributed by atoms with Gasteiger partial charge in [-0.15, -0.1) is 0 Å². The fraction of sp³-hybridized carbons (Fsp3) is 0.217. The van der Waals surface area contributed by atoms with Gasteiger partial charge in [0, 0.05) is 5.02 Å². The van der Waals surface area contributed by atoms with Crippen LogP contribution in [0.5, 0.6) is 0 Å². The zero-order valence-electron chi connectivity index (χ0n) is 16.0. The third-order valence-corrected chi connectivity index (χ3v) is 5.02. The summed E-state index contributed by atoms with van der Waals surface area (Å²) in [5.74, 6) is -1.11. The van der Waals surface area contributed by atoms with Crippen LogP contribution < -0.4 is 0 Å². The molecule has 28 heavy (non-hydrogen) atoms. The molecule has 5 heteroatoms. The number of carbonyl (C=O) groups excluding carboxylic acids is 2. The van der Waals surface area contributed by atoms with Crippen LogP contribution in [0.15, 0.2) is 48.5 Å². The molecule has 0 aliphatic carbocycles. The monoisotopic (exact) mass is 396 g/mol. The van der Waals surface area contributed by atoms with Gasteiger partial charge in [0.1, 0.15) is 0 Å². The van der Waals surface area contributed by atoms with Crippen molar-refractivity contribution in [3.05, 3.63) is 81.4 Å². The zero-order chi connectivity index (χ0) is 20.3. The quantitative estimate of drug-likeness (QED) is 0.559. The van der Waals surface area contributed by atoms with E-state index in [1.54, 1.807) is 6.07 Å². The Bertz CT molecular complexity index is 1040. The van der Waals surface area contributed by atoms with Crippen LogP contribution in [0.1, 0.15) is 37.4 Å². The molecule has 3 rings (SSSR count). The summed E-state index contributed by atoms with van der Waals surface area (Å²) >= 11 is 5.96. The third kappa shape index (κ3) is 4.02. The molecule has 0 saturated carbocycles. The van der Waals surface area contributed by atoms with Crippen LogP contribution >= 0.6 is 11.6 Å². The molecule has 0 saturated heterocycles. The van der Waals surface area contributed by atoms with Crippen LogP contribution in [0.2, 0.25) is 5.02 Å². The zero-order valence-corrected chi connectivity index (χ0v) is 16.8. The van der Waals surface area contributed by atoms with Crippen molar-refractivity contribution in [1.82, 2.24) is 0 Å². The van der Waals surface area contributed by atoms with Crippen molar-refractivity contribution in [2.24, 2.45) is 0 Å². The number of methoxy groups -OCH3 is 2. The molecule has 0 amide bonds. The highest BCUT2D eigenvalue weighted by molar-refractivity contribution is 6.30. The van der Waals surface area contributed by atoms with Gasteiger partial charge < -0.3 is 9.47 Å². The average molecular weight is 397 g/mol. The van der Waals surface area contributed by atoms with E-state index in [0.29, 0.717) is 16.8 Å². The first-order valence-electron chi connectivity index (χ1n) is 8.92. The number of ether oxygens (including phenoxy) is 2. The molecule has 0 N–H and O–H groups in total. The normalized spacial score (nSPS) is 10.7. The Labute approximate surface area is 169 Å². The maximum Gasteiger partial charge on any atom is 0.339 e. The SMILES string of the molecule is COC(=O)c1cc(CCc2ccc(Cl)cc2)c2ccc(C)cc2c1C(=O)OC. The molecule has 0 radical (unpaired) electrons. The summed E-state index contributed by atoms with van der Waals surface area (Å²) in [5, 5.41) is 2.31. The summed E-state index contributed by atoms with van der Waals surface area (Å²) in [6.45, 7) is 1.94. The number of hydrogen-bond donors (Lipinski definition) is 0. The summed E-state index contributed by atoms with van der Waals surface area (Å²) in [6.07, 6.45) is 1.48. The van der Waals surface area contributed by atoms with Gasteiger partial charge in [-0.3, -0.25) is 0 Å². The van der Waals surface area contributed by atoms with Gasteiger partial charge in [0.2, 0.25) is 0 Å². The predicted octanol–water partition coefficient (Wildman–Crippen LogP) is 5.16. The van der Waals surface area contributed by atoms with Crippen LogP contribution in [0.25, 0.3) is 10.8 Å². The number of benzene rings is 3. The lowest BCUT2D eigenvalue weighted by Gasteiger charge is -2.15. The van der Waals surface area contributed by atoms with Crippen molar-refractivity contribution >= 4 is 34.3 Å². The molecule has 0 unspecified atom stereocenters. The molecule has 0 fully saturated rings. The van der Waals surface area contributed by atoms with Gasteiger partial charge in [0.05, 0.1) is 25.3 Å². The van der Waals surface area contributed by atoms with Gasteiger partial charge in [-0.05, 0) is 59.9 Å². The van der Waals surface area contributed by atoms with Crippen LogP contribution in [0.3, 0.4) is 0 Å². The Kier molecular flexibility index (Phi) is 6.00. The number of aryl methyl sites for hydroxylation is 3. The highest BCUT2D eigenvalue weighted by Gasteiger charge is 2.23. The topological polar surface area (TPSA) is 52.6 Å². The number of fused-ring (bicyclic) bond motifs is 1. The molecule has 3 aromatic rings. The van der Waals surface area contributed by atoms with E-state index >= 15 is 0 Å². The summed E-state index contributed by atoms with van der Waals surface area (Å²) in [5.41, 5.74) is 3.56. The largest absolute Gasteiger partial charge is 0.465 e. The molecule has 0 aliphatic heterocycles. The molecule has 0 aliphatic rings. The second kappa shape index (κ2) is 8.44. The number of esters is 2. The molecule has 0 spiro atoms. The van der Waals surface area contributed by atoms with Gasteiger partial charge >= 0.3 is 11.9 Å². The minimum absolute atomic E-state index is 0.221. The van der Waals surface area contributed by atoms with Gasteiger partial charge in [0.15, 0.2) is 0 Å². The van der Waals surface area contributed by atoms with Crippen LogP contribution in [-0.2, 0) is 22.3 Å². The second-order valence-electron chi connectivity index (χ2n) is 6.62. The van der Waals surface area contributed by atoms with Gasteiger partial charge in [0.25, 0.3) is 0 Å². The molecular weight excluding hydrogens is 376 g/mol. The maximum absolute atomic E-state index is 12.5. The fourth-order valence-electron chi connectivity index (χ4n) is 3.34. The van der Waals surface area contributed by atoms with E-state index in [9.17, 15) is 9.59 Å².